The number of carbonyl (C=O) groups excluding carboxylic acids is 1. The second-order valence-electron chi connectivity index (χ2n) is 5.10. The van der Waals surface area contributed by atoms with Crippen molar-refractivity contribution in [1.29, 1.82) is 0 Å². The van der Waals surface area contributed by atoms with Crippen molar-refractivity contribution in [3.8, 4) is 0 Å². The predicted molar refractivity (Wildman–Crippen MR) is 77.5 cm³/mol. The van der Waals surface area contributed by atoms with Gasteiger partial charge in [-0.2, -0.15) is 0 Å². The molecule has 4 nitrogen and oxygen atoms in total. The fraction of sp³-hybridized carbons (Fsp3) is 0.929. The molecule has 2 atom stereocenters. The molecule has 0 fully saturated rings. The second kappa shape index (κ2) is 10.3. The van der Waals surface area contributed by atoms with Crippen LogP contribution in [0.2, 0.25) is 0 Å². The SMILES string of the molecule is CCCNC(CCN(CC)CC(C)CC)C(N)=O. The lowest BCUT2D eigenvalue weighted by atomic mass is 10.1. The zero-order valence-electron chi connectivity index (χ0n) is 12.5. The van der Waals surface area contributed by atoms with E-state index in [0.29, 0.717) is 5.92 Å². The molecular weight excluding hydrogens is 226 g/mol. The maximum Gasteiger partial charge on any atom is 0.234 e. The fourth-order valence-electron chi connectivity index (χ4n) is 1.92. The summed E-state index contributed by atoms with van der Waals surface area (Å²) in [4.78, 5) is 13.7. The largest absolute Gasteiger partial charge is 0.368 e. The lowest BCUT2D eigenvalue weighted by Crippen LogP contribution is -2.44. The van der Waals surface area contributed by atoms with Gasteiger partial charge in [0.05, 0.1) is 6.04 Å². The number of rotatable bonds is 11. The number of carbonyl (C=O) groups is 1. The highest BCUT2D eigenvalue weighted by Gasteiger charge is 2.16. The van der Waals surface area contributed by atoms with Crippen molar-refractivity contribution in [2.45, 2.75) is 53.0 Å². The molecule has 0 saturated heterocycles. The Morgan fingerprint density at radius 3 is 2.44 bits per heavy atom. The van der Waals surface area contributed by atoms with Crippen molar-refractivity contribution in [1.82, 2.24) is 10.2 Å². The van der Waals surface area contributed by atoms with Gasteiger partial charge in [0, 0.05) is 13.1 Å². The summed E-state index contributed by atoms with van der Waals surface area (Å²) in [5, 5.41) is 3.21. The molecule has 2 unspecified atom stereocenters. The molecule has 0 saturated carbocycles. The van der Waals surface area contributed by atoms with E-state index in [2.05, 4.69) is 37.9 Å². The lowest BCUT2D eigenvalue weighted by Gasteiger charge is -2.25. The number of primary amides is 1. The van der Waals surface area contributed by atoms with E-state index < -0.39 is 0 Å². The van der Waals surface area contributed by atoms with Crippen LogP contribution in [-0.4, -0.2) is 43.0 Å². The molecular formula is C14H31N3O. The third-order valence-corrected chi connectivity index (χ3v) is 3.43. The minimum Gasteiger partial charge on any atom is -0.368 e. The van der Waals surface area contributed by atoms with Gasteiger partial charge >= 0.3 is 0 Å². The van der Waals surface area contributed by atoms with Gasteiger partial charge in [-0.05, 0) is 31.8 Å². The zero-order chi connectivity index (χ0) is 14.0. The van der Waals surface area contributed by atoms with Crippen LogP contribution in [0.1, 0.15) is 47.0 Å². The number of hydrogen-bond acceptors (Lipinski definition) is 3. The predicted octanol–water partition coefficient (Wildman–Crippen LogP) is 1.60. The molecule has 108 valence electrons. The molecule has 0 aliphatic carbocycles. The Balaban J connectivity index is 4.08. The van der Waals surface area contributed by atoms with Gasteiger partial charge in [0.15, 0.2) is 0 Å². The standard InChI is InChI=1S/C14H31N3O/c1-5-9-16-13(14(15)18)8-10-17(7-3)11-12(4)6-2/h12-13,16H,5-11H2,1-4H3,(H2,15,18). The molecule has 4 heteroatoms. The average molecular weight is 257 g/mol. The van der Waals surface area contributed by atoms with Crippen LogP contribution in [0.15, 0.2) is 0 Å². The third-order valence-electron chi connectivity index (χ3n) is 3.43. The molecule has 0 heterocycles. The van der Waals surface area contributed by atoms with Crippen molar-refractivity contribution in [3.63, 3.8) is 0 Å². The highest BCUT2D eigenvalue weighted by Crippen LogP contribution is 2.05. The topological polar surface area (TPSA) is 58.4 Å². The molecule has 0 aromatic rings. The van der Waals surface area contributed by atoms with Crippen molar-refractivity contribution < 1.29 is 4.79 Å². The van der Waals surface area contributed by atoms with Gasteiger partial charge in [-0.15, -0.1) is 0 Å². The highest BCUT2D eigenvalue weighted by molar-refractivity contribution is 5.79. The average Bonchev–Trinajstić information content (AvgIpc) is 2.36. The van der Waals surface area contributed by atoms with Gasteiger partial charge in [0.25, 0.3) is 0 Å². The molecule has 0 spiro atoms. The van der Waals surface area contributed by atoms with Crippen molar-refractivity contribution in [2.24, 2.45) is 11.7 Å². The Morgan fingerprint density at radius 2 is 2.00 bits per heavy atom. The summed E-state index contributed by atoms with van der Waals surface area (Å²) < 4.78 is 0. The Bertz CT molecular complexity index is 221. The van der Waals surface area contributed by atoms with Crippen molar-refractivity contribution in [3.05, 3.63) is 0 Å². The van der Waals surface area contributed by atoms with E-state index in [0.717, 1.165) is 39.0 Å². The summed E-state index contributed by atoms with van der Waals surface area (Å²) in [6.45, 7) is 12.7. The number of hydrogen-bond donors (Lipinski definition) is 2. The van der Waals surface area contributed by atoms with Gasteiger partial charge in [0.1, 0.15) is 0 Å². The number of nitrogens with one attached hydrogen (secondary N) is 1. The summed E-state index contributed by atoms with van der Waals surface area (Å²) in [5.41, 5.74) is 5.41. The molecule has 0 aromatic heterocycles. The molecule has 3 N–H and O–H groups in total. The van der Waals surface area contributed by atoms with Crippen LogP contribution in [-0.2, 0) is 4.79 Å². The van der Waals surface area contributed by atoms with E-state index in [9.17, 15) is 4.79 Å². The second-order valence-corrected chi connectivity index (χ2v) is 5.10. The van der Waals surface area contributed by atoms with E-state index in [1.54, 1.807) is 0 Å². The minimum atomic E-state index is -0.233. The van der Waals surface area contributed by atoms with Gasteiger partial charge in [-0.1, -0.05) is 34.1 Å². The van der Waals surface area contributed by atoms with Crippen LogP contribution >= 0.6 is 0 Å². The van der Waals surface area contributed by atoms with Gasteiger partial charge < -0.3 is 16.0 Å². The van der Waals surface area contributed by atoms with Gasteiger partial charge in [-0.25, -0.2) is 0 Å². The summed E-state index contributed by atoms with van der Waals surface area (Å²) in [7, 11) is 0. The fourth-order valence-corrected chi connectivity index (χ4v) is 1.92. The van der Waals surface area contributed by atoms with Gasteiger partial charge in [0.2, 0.25) is 5.91 Å². The maximum atomic E-state index is 11.3. The minimum absolute atomic E-state index is 0.184. The zero-order valence-corrected chi connectivity index (χ0v) is 12.5. The molecule has 1 amide bonds. The molecule has 0 bridgehead atoms. The Labute approximate surface area is 112 Å². The first-order valence-corrected chi connectivity index (χ1v) is 7.30. The summed E-state index contributed by atoms with van der Waals surface area (Å²) >= 11 is 0. The van der Waals surface area contributed by atoms with Crippen LogP contribution in [0, 0.1) is 5.92 Å². The molecule has 0 aliphatic heterocycles. The smallest absolute Gasteiger partial charge is 0.234 e. The first kappa shape index (κ1) is 17.4. The molecule has 0 radical (unpaired) electrons. The number of nitrogens with two attached hydrogens (primary N) is 1. The van der Waals surface area contributed by atoms with Crippen molar-refractivity contribution >= 4 is 5.91 Å². The maximum absolute atomic E-state index is 11.3. The van der Waals surface area contributed by atoms with Crippen LogP contribution in [0.5, 0.6) is 0 Å². The highest BCUT2D eigenvalue weighted by atomic mass is 16.1. The molecule has 0 aromatic carbocycles. The Morgan fingerprint density at radius 1 is 1.33 bits per heavy atom. The summed E-state index contributed by atoms with van der Waals surface area (Å²) in [5.74, 6) is 0.476. The van der Waals surface area contributed by atoms with Crippen LogP contribution in [0.25, 0.3) is 0 Å². The quantitative estimate of drug-likeness (QED) is 0.591. The Kier molecular flexibility index (Phi) is 9.98. The third kappa shape index (κ3) is 7.67. The van der Waals surface area contributed by atoms with Gasteiger partial charge in [-0.3, -0.25) is 4.79 Å². The van der Waals surface area contributed by atoms with Crippen LogP contribution < -0.4 is 11.1 Å². The van der Waals surface area contributed by atoms with E-state index in [1.165, 1.54) is 6.42 Å². The lowest BCUT2D eigenvalue weighted by molar-refractivity contribution is -0.120. The normalized spacial score (nSPS) is 14.7. The summed E-state index contributed by atoms with van der Waals surface area (Å²) in [6, 6.07) is -0.184. The number of amides is 1. The van der Waals surface area contributed by atoms with E-state index in [1.807, 2.05) is 0 Å². The molecule has 0 aliphatic rings. The molecule has 18 heavy (non-hydrogen) atoms. The first-order valence-electron chi connectivity index (χ1n) is 7.30. The first-order chi connectivity index (χ1) is 8.54. The van der Waals surface area contributed by atoms with Crippen molar-refractivity contribution in [2.75, 3.05) is 26.2 Å². The molecule has 0 rings (SSSR count). The van der Waals surface area contributed by atoms with E-state index >= 15 is 0 Å². The van der Waals surface area contributed by atoms with E-state index in [-0.39, 0.29) is 11.9 Å². The van der Waals surface area contributed by atoms with E-state index in [4.69, 9.17) is 5.73 Å². The monoisotopic (exact) mass is 257 g/mol. The summed E-state index contributed by atoms with van der Waals surface area (Å²) in [6.07, 6.45) is 3.03. The Hall–Kier alpha value is -0.610. The van der Waals surface area contributed by atoms with Crippen LogP contribution in [0.3, 0.4) is 0 Å². The van der Waals surface area contributed by atoms with Crippen LogP contribution in [0.4, 0.5) is 0 Å². The number of nitrogens with zero attached hydrogens (tertiary/aromatic N) is 1.